The molecule has 1 N–H and O–H groups in total. The van der Waals surface area contributed by atoms with Gasteiger partial charge in [-0.15, -0.1) is 0 Å². The second-order valence-corrected chi connectivity index (χ2v) is 8.94. The van der Waals surface area contributed by atoms with E-state index >= 15 is 0 Å². The maximum atomic E-state index is 12.7. The molecule has 0 saturated carbocycles. The molecule has 2 amide bonds. The first-order valence-electron chi connectivity index (χ1n) is 10.4. The lowest BCUT2D eigenvalue weighted by Crippen LogP contribution is -2.49. The van der Waals surface area contributed by atoms with Gasteiger partial charge in [0.15, 0.2) is 0 Å². The van der Waals surface area contributed by atoms with E-state index < -0.39 is 24.3 Å². The molecule has 2 unspecified atom stereocenters. The van der Waals surface area contributed by atoms with Crippen LogP contribution in [0.4, 0.5) is 9.59 Å². The van der Waals surface area contributed by atoms with E-state index in [-0.39, 0.29) is 24.7 Å². The van der Waals surface area contributed by atoms with E-state index in [9.17, 15) is 14.7 Å². The SMILES string of the molecule is CC(C)(C)C(CN1C(=O)OC[C@H]1C(O)c1ccccc1)OC(=O)N1CCCCC1. The summed E-state index contributed by atoms with van der Waals surface area (Å²) < 4.78 is 11.1. The number of nitrogens with zero attached hydrogens (tertiary/aromatic N) is 2. The minimum Gasteiger partial charge on any atom is -0.447 e. The van der Waals surface area contributed by atoms with E-state index in [1.807, 2.05) is 51.1 Å². The van der Waals surface area contributed by atoms with Crippen molar-refractivity contribution in [3.05, 3.63) is 35.9 Å². The second-order valence-electron chi connectivity index (χ2n) is 8.94. The number of benzene rings is 1. The third kappa shape index (κ3) is 5.21. The van der Waals surface area contributed by atoms with Gasteiger partial charge in [0.25, 0.3) is 0 Å². The van der Waals surface area contributed by atoms with Crippen LogP contribution in [0.25, 0.3) is 0 Å². The molecule has 7 heteroatoms. The summed E-state index contributed by atoms with van der Waals surface area (Å²) in [5.41, 5.74) is 0.342. The number of carbonyl (C=O) groups is 2. The largest absolute Gasteiger partial charge is 0.447 e. The van der Waals surface area contributed by atoms with Gasteiger partial charge in [0.2, 0.25) is 0 Å². The van der Waals surface area contributed by atoms with Crippen LogP contribution >= 0.6 is 0 Å². The van der Waals surface area contributed by atoms with Gasteiger partial charge < -0.3 is 19.5 Å². The number of amides is 2. The summed E-state index contributed by atoms with van der Waals surface area (Å²) in [4.78, 5) is 28.3. The summed E-state index contributed by atoms with van der Waals surface area (Å²) in [7, 11) is 0. The molecule has 0 bridgehead atoms. The number of ether oxygens (including phenoxy) is 2. The lowest BCUT2D eigenvalue weighted by molar-refractivity contribution is -0.0164. The van der Waals surface area contributed by atoms with Crippen molar-refractivity contribution < 1.29 is 24.2 Å². The summed E-state index contributed by atoms with van der Waals surface area (Å²) in [6, 6.07) is 8.69. The van der Waals surface area contributed by atoms with Crippen LogP contribution in [-0.2, 0) is 9.47 Å². The van der Waals surface area contributed by atoms with Gasteiger partial charge >= 0.3 is 12.2 Å². The van der Waals surface area contributed by atoms with Crippen molar-refractivity contribution in [2.24, 2.45) is 5.41 Å². The molecule has 2 aliphatic rings. The number of aliphatic hydroxyl groups is 1. The summed E-state index contributed by atoms with van der Waals surface area (Å²) in [5, 5.41) is 10.8. The van der Waals surface area contributed by atoms with Crippen molar-refractivity contribution in [3.63, 3.8) is 0 Å². The zero-order valence-corrected chi connectivity index (χ0v) is 17.5. The molecule has 1 aromatic rings. The third-order valence-electron chi connectivity index (χ3n) is 5.70. The highest BCUT2D eigenvalue weighted by atomic mass is 16.6. The molecular formula is C22H32N2O5. The molecule has 1 aromatic carbocycles. The molecule has 7 nitrogen and oxygen atoms in total. The van der Waals surface area contributed by atoms with Crippen LogP contribution < -0.4 is 0 Å². The maximum Gasteiger partial charge on any atom is 0.410 e. The molecule has 2 aliphatic heterocycles. The Morgan fingerprint density at radius 3 is 2.48 bits per heavy atom. The van der Waals surface area contributed by atoms with Crippen molar-refractivity contribution in [2.45, 2.75) is 58.3 Å². The molecule has 2 saturated heterocycles. The molecule has 0 radical (unpaired) electrons. The summed E-state index contributed by atoms with van der Waals surface area (Å²) in [6.07, 6.45) is 0.878. The Morgan fingerprint density at radius 1 is 1.21 bits per heavy atom. The average molecular weight is 405 g/mol. The Hall–Kier alpha value is -2.28. The average Bonchev–Trinajstić information content (AvgIpc) is 3.07. The standard InChI is InChI=1S/C22H32N2O5/c1-22(2,3)18(29-20(26)23-12-8-5-9-13-23)14-24-17(15-28-21(24)27)19(25)16-10-6-4-7-11-16/h4,6-7,10-11,17-19,25H,5,8-9,12-15H2,1-3H3/t17-,18?,19?/m0/s1. The molecule has 0 aliphatic carbocycles. The molecule has 0 spiro atoms. The number of hydrogen-bond donors (Lipinski definition) is 1. The number of hydrogen-bond acceptors (Lipinski definition) is 5. The zero-order valence-electron chi connectivity index (χ0n) is 17.5. The minimum atomic E-state index is -0.874. The van der Waals surface area contributed by atoms with E-state index in [0.717, 1.165) is 24.8 Å². The van der Waals surface area contributed by atoms with Crippen LogP contribution in [0.3, 0.4) is 0 Å². The Morgan fingerprint density at radius 2 is 1.86 bits per heavy atom. The molecule has 0 aromatic heterocycles. The molecule has 29 heavy (non-hydrogen) atoms. The molecule has 3 rings (SSSR count). The molecule has 2 heterocycles. The fraction of sp³-hybridized carbons (Fsp3) is 0.636. The van der Waals surface area contributed by atoms with Crippen molar-refractivity contribution in [3.8, 4) is 0 Å². The van der Waals surface area contributed by atoms with E-state index in [4.69, 9.17) is 9.47 Å². The number of carbonyl (C=O) groups excluding carboxylic acids is 2. The van der Waals surface area contributed by atoms with Gasteiger partial charge in [-0.2, -0.15) is 0 Å². The molecule has 3 atom stereocenters. The van der Waals surface area contributed by atoms with Gasteiger partial charge in [0.1, 0.15) is 18.8 Å². The Kier molecular flexibility index (Phi) is 6.67. The van der Waals surface area contributed by atoms with Crippen molar-refractivity contribution in [1.29, 1.82) is 0 Å². The first kappa shape index (κ1) is 21.4. The highest BCUT2D eigenvalue weighted by Gasteiger charge is 2.42. The van der Waals surface area contributed by atoms with E-state index in [0.29, 0.717) is 13.1 Å². The van der Waals surface area contributed by atoms with Crippen molar-refractivity contribution in [2.75, 3.05) is 26.2 Å². The van der Waals surface area contributed by atoms with E-state index in [2.05, 4.69) is 0 Å². The summed E-state index contributed by atoms with van der Waals surface area (Å²) in [5.74, 6) is 0. The Bertz CT molecular complexity index is 697. The second kappa shape index (κ2) is 9.03. The lowest BCUT2D eigenvalue weighted by atomic mass is 9.88. The van der Waals surface area contributed by atoms with E-state index in [1.165, 1.54) is 4.90 Å². The first-order chi connectivity index (χ1) is 13.8. The topological polar surface area (TPSA) is 79.3 Å². The number of piperidine rings is 1. The van der Waals surface area contributed by atoms with Crippen molar-refractivity contribution in [1.82, 2.24) is 9.80 Å². The van der Waals surface area contributed by atoms with Crippen LogP contribution in [0, 0.1) is 5.41 Å². The fourth-order valence-corrected chi connectivity index (χ4v) is 3.75. The normalized spacial score (nSPS) is 22.2. The summed E-state index contributed by atoms with van der Waals surface area (Å²) >= 11 is 0. The molecule has 2 fully saturated rings. The van der Waals surface area contributed by atoms with Gasteiger partial charge in [-0.1, -0.05) is 51.1 Å². The van der Waals surface area contributed by atoms with Crippen molar-refractivity contribution >= 4 is 12.2 Å². The smallest absolute Gasteiger partial charge is 0.410 e. The number of cyclic esters (lactones) is 1. The van der Waals surface area contributed by atoms with Crippen LogP contribution in [0.1, 0.15) is 51.7 Å². The Balaban J connectivity index is 1.72. The van der Waals surface area contributed by atoms with E-state index in [1.54, 1.807) is 4.90 Å². The van der Waals surface area contributed by atoms with Crippen LogP contribution in [0.15, 0.2) is 30.3 Å². The highest BCUT2D eigenvalue weighted by molar-refractivity contribution is 5.71. The quantitative estimate of drug-likeness (QED) is 0.811. The molecular weight excluding hydrogens is 372 g/mol. The van der Waals surface area contributed by atoms with Gasteiger partial charge in [-0.25, -0.2) is 9.59 Å². The first-order valence-corrected chi connectivity index (χ1v) is 10.4. The van der Waals surface area contributed by atoms with Crippen LogP contribution in [-0.4, -0.2) is 65.5 Å². The van der Waals surface area contributed by atoms with Gasteiger partial charge in [-0.3, -0.25) is 4.90 Å². The number of likely N-dealkylation sites (tertiary alicyclic amines) is 1. The van der Waals surface area contributed by atoms with Gasteiger partial charge in [0, 0.05) is 18.5 Å². The van der Waals surface area contributed by atoms with Crippen LogP contribution in [0.5, 0.6) is 0 Å². The summed E-state index contributed by atoms with van der Waals surface area (Å²) in [6.45, 7) is 7.62. The fourth-order valence-electron chi connectivity index (χ4n) is 3.75. The number of rotatable bonds is 5. The lowest BCUT2D eigenvalue weighted by Gasteiger charge is -2.37. The predicted molar refractivity (Wildman–Crippen MR) is 108 cm³/mol. The predicted octanol–water partition coefficient (Wildman–Crippen LogP) is 3.58. The minimum absolute atomic E-state index is 0.103. The Labute approximate surface area is 172 Å². The monoisotopic (exact) mass is 404 g/mol. The van der Waals surface area contributed by atoms with Gasteiger partial charge in [0.05, 0.1) is 12.6 Å². The van der Waals surface area contributed by atoms with Crippen LogP contribution in [0.2, 0.25) is 0 Å². The molecule has 160 valence electrons. The van der Waals surface area contributed by atoms with Gasteiger partial charge in [-0.05, 0) is 24.8 Å². The highest BCUT2D eigenvalue weighted by Crippen LogP contribution is 2.30. The number of aliphatic hydroxyl groups excluding tert-OH is 1. The third-order valence-corrected chi connectivity index (χ3v) is 5.70. The zero-order chi connectivity index (χ0) is 21.0. The maximum absolute atomic E-state index is 12.7.